The fraction of sp³-hybridized carbons (Fsp3) is 0.111. The Hall–Kier alpha value is -2.13. The molecule has 106 valence electrons. The Kier molecular flexibility index (Phi) is 3.52. The Bertz CT molecular complexity index is 811. The SMILES string of the molecule is CS(=O)(=O)c1ccc(C2=CCC=C2c2ccccc2)cc1. The van der Waals surface area contributed by atoms with Crippen LogP contribution in [0.2, 0.25) is 0 Å². The van der Waals surface area contributed by atoms with Crippen LogP contribution >= 0.6 is 0 Å². The molecule has 0 spiro atoms. The molecule has 0 atom stereocenters. The third-order valence-electron chi connectivity index (χ3n) is 3.61. The summed E-state index contributed by atoms with van der Waals surface area (Å²) in [6.45, 7) is 0. The Morgan fingerprint density at radius 1 is 0.762 bits per heavy atom. The molecular weight excluding hydrogens is 280 g/mol. The summed E-state index contributed by atoms with van der Waals surface area (Å²) in [7, 11) is -3.14. The second kappa shape index (κ2) is 5.34. The van der Waals surface area contributed by atoms with E-state index in [0.717, 1.165) is 12.0 Å². The first-order valence-electron chi connectivity index (χ1n) is 6.82. The highest BCUT2D eigenvalue weighted by atomic mass is 32.2. The van der Waals surface area contributed by atoms with Gasteiger partial charge in [-0.05, 0) is 40.8 Å². The van der Waals surface area contributed by atoms with Crippen LogP contribution in [0.15, 0.2) is 71.6 Å². The molecule has 2 nitrogen and oxygen atoms in total. The van der Waals surface area contributed by atoms with Crippen LogP contribution in [-0.4, -0.2) is 14.7 Å². The smallest absolute Gasteiger partial charge is 0.175 e. The van der Waals surface area contributed by atoms with E-state index in [1.54, 1.807) is 12.1 Å². The number of hydrogen-bond donors (Lipinski definition) is 0. The molecule has 21 heavy (non-hydrogen) atoms. The zero-order valence-electron chi connectivity index (χ0n) is 11.8. The molecule has 0 radical (unpaired) electrons. The maximum Gasteiger partial charge on any atom is 0.175 e. The van der Waals surface area contributed by atoms with Crippen molar-refractivity contribution in [2.24, 2.45) is 0 Å². The first kappa shape index (κ1) is 13.8. The lowest BCUT2D eigenvalue weighted by Crippen LogP contribution is -1.97. The van der Waals surface area contributed by atoms with Crippen molar-refractivity contribution < 1.29 is 8.42 Å². The average Bonchev–Trinajstić information content (AvgIpc) is 2.97. The largest absolute Gasteiger partial charge is 0.224 e. The lowest BCUT2D eigenvalue weighted by molar-refractivity contribution is 0.602. The predicted molar refractivity (Wildman–Crippen MR) is 86.6 cm³/mol. The van der Waals surface area contributed by atoms with Gasteiger partial charge in [0.05, 0.1) is 4.90 Å². The molecule has 3 rings (SSSR count). The highest BCUT2D eigenvalue weighted by Gasteiger charge is 2.14. The molecule has 0 unspecified atom stereocenters. The molecule has 0 fully saturated rings. The molecule has 0 aromatic heterocycles. The van der Waals surface area contributed by atoms with Gasteiger partial charge in [-0.25, -0.2) is 8.42 Å². The minimum atomic E-state index is -3.14. The van der Waals surface area contributed by atoms with Gasteiger partial charge in [-0.1, -0.05) is 54.6 Å². The molecule has 0 saturated heterocycles. The van der Waals surface area contributed by atoms with Gasteiger partial charge in [-0.3, -0.25) is 0 Å². The number of benzene rings is 2. The summed E-state index contributed by atoms with van der Waals surface area (Å²) in [6, 6.07) is 17.3. The second-order valence-corrected chi connectivity index (χ2v) is 7.15. The molecule has 2 aromatic rings. The van der Waals surface area contributed by atoms with Crippen LogP contribution in [0.3, 0.4) is 0 Å². The molecule has 0 saturated carbocycles. The van der Waals surface area contributed by atoms with Crippen molar-refractivity contribution in [1.82, 2.24) is 0 Å². The maximum atomic E-state index is 11.5. The van der Waals surface area contributed by atoms with Crippen LogP contribution in [0.1, 0.15) is 17.5 Å². The highest BCUT2D eigenvalue weighted by molar-refractivity contribution is 7.90. The van der Waals surface area contributed by atoms with E-state index in [1.807, 2.05) is 30.3 Å². The van der Waals surface area contributed by atoms with E-state index < -0.39 is 9.84 Å². The van der Waals surface area contributed by atoms with E-state index >= 15 is 0 Å². The Morgan fingerprint density at radius 3 is 1.81 bits per heavy atom. The van der Waals surface area contributed by atoms with Crippen molar-refractivity contribution in [3.8, 4) is 0 Å². The lowest BCUT2D eigenvalue weighted by atomic mass is 9.95. The zero-order valence-corrected chi connectivity index (χ0v) is 12.6. The Balaban J connectivity index is 1.96. The fourth-order valence-corrected chi connectivity index (χ4v) is 3.19. The number of rotatable bonds is 3. The summed E-state index contributed by atoms with van der Waals surface area (Å²) >= 11 is 0. The van der Waals surface area contributed by atoms with Crippen molar-refractivity contribution in [2.45, 2.75) is 11.3 Å². The van der Waals surface area contributed by atoms with Crippen LogP contribution in [0.5, 0.6) is 0 Å². The summed E-state index contributed by atoms with van der Waals surface area (Å²) in [5, 5.41) is 0. The predicted octanol–water partition coefficient (Wildman–Crippen LogP) is 3.96. The van der Waals surface area contributed by atoms with Crippen LogP contribution in [0, 0.1) is 0 Å². The topological polar surface area (TPSA) is 34.1 Å². The van der Waals surface area contributed by atoms with Gasteiger partial charge in [0, 0.05) is 6.26 Å². The third-order valence-corrected chi connectivity index (χ3v) is 4.74. The van der Waals surface area contributed by atoms with Gasteiger partial charge in [-0.2, -0.15) is 0 Å². The van der Waals surface area contributed by atoms with Gasteiger partial charge >= 0.3 is 0 Å². The molecule has 3 heteroatoms. The van der Waals surface area contributed by atoms with Crippen LogP contribution in [0.25, 0.3) is 11.1 Å². The van der Waals surface area contributed by atoms with E-state index in [4.69, 9.17) is 0 Å². The zero-order chi connectivity index (χ0) is 14.9. The quantitative estimate of drug-likeness (QED) is 0.859. The molecule has 0 heterocycles. The number of allylic oxidation sites excluding steroid dienone is 4. The van der Waals surface area contributed by atoms with E-state index in [2.05, 4.69) is 24.3 Å². The molecule has 0 N–H and O–H groups in total. The van der Waals surface area contributed by atoms with Crippen LogP contribution < -0.4 is 0 Å². The maximum absolute atomic E-state index is 11.5. The lowest BCUT2D eigenvalue weighted by Gasteiger charge is -2.10. The number of sulfone groups is 1. The summed E-state index contributed by atoms with van der Waals surface area (Å²) in [6.07, 6.45) is 6.52. The van der Waals surface area contributed by atoms with Gasteiger partial charge in [0.15, 0.2) is 9.84 Å². The van der Waals surface area contributed by atoms with Gasteiger partial charge in [0.25, 0.3) is 0 Å². The Labute approximate surface area is 125 Å². The Morgan fingerprint density at radius 2 is 1.29 bits per heavy atom. The van der Waals surface area contributed by atoms with E-state index in [1.165, 1.54) is 23.0 Å². The summed E-state index contributed by atoms with van der Waals surface area (Å²) < 4.78 is 23.1. The van der Waals surface area contributed by atoms with Gasteiger partial charge in [0.1, 0.15) is 0 Å². The molecule has 0 bridgehead atoms. The van der Waals surface area contributed by atoms with Crippen molar-refractivity contribution in [3.05, 3.63) is 77.9 Å². The van der Waals surface area contributed by atoms with Crippen molar-refractivity contribution >= 4 is 21.0 Å². The summed E-state index contributed by atoms with van der Waals surface area (Å²) in [4.78, 5) is 0.357. The molecule has 1 aliphatic carbocycles. The van der Waals surface area contributed by atoms with Crippen molar-refractivity contribution in [2.75, 3.05) is 6.26 Å². The second-order valence-electron chi connectivity index (χ2n) is 5.13. The number of hydrogen-bond acceptors (Lipinski definition) is 2. The molecule has 0 aliphatic heterocycles. The van der Waals surface area contributed by atoms with Gasteiger partial charge < -0.3 is 0 Å². The van der Waals surface area contributed by atoms with Crippen LogP contribution in [0.4, 0.5) is 0 Å². The van der Waals surface area contributed by atoms with Gasteiger partial charge in [0.2, 0.25) is 0 Å². The first-order chi connectivity index (χ1) is 10.1. The standard InChI is InChI=1S/C18H16O2S/c1-21(19,20)16-12-10-15(11-13-16)18-9-5-8-17(18)14-6-3-2-4-7-14/h2-4,6-13H,5H2,1H3. The van der Waals surface area contributed by atoms with Gasteiger partial charge in [-0.15, -0.1) is 0 Å². The minimum absolute atomic E-state index is 0.357. The summed E-state index contributed by atoms with van der Waals surface area (Å²) in [5.74, 6) is 0. The minimum Gasteiger partial charge on any atom is -0.224 e. The molecule has 0 amide bonds. The van der Waals surface area contributed by atoms with Crippen LogP contribution in [-0.2, 0) is 9.84 Å². The average molecular weight is 296 g/mol. The monoisotopic (exact) mass is 296 g/mol. The van der Waals surface area contributed by atoms with E-state index in [-0.39, 0.29) is 0 Å². The van der Waals surface area contributed by atoms with E-state index in [0.29, 0.717) is 4.90 Å². The molecular formula is C18H16O2S. The third kappa shape index (κ3) is 2.83. The normalized spacial score (nSPS) is 14.7. The summed E-state index contributed by atoms with van der Waals surface area (Å²) in [5.41, 5.74) is 4.62. The molecule has 2 aromatic carbocycles. The first-order valence-corrected chi connectivity index (χ1v) is 8.71. The highest BCUT2D eigenvalue weighted by Crippen LogP contribution is 2.36. The fourth-order valence-electron chi connectivity index (χ4n) is 2.56. The molecule has 1 aliphatic rings. The van der Waals surface area contributed by atoms with Crippen molar-refractivity contribution in [1.29, 1.82) is 0 Å². The van der Waals surface area contributed by atoms with E-state index in [9.17, 15) is 8.42 Å². The van der Waals surface area contributed by atoms with Crippen molar-refractivity contribution in [3.63, 3.8) is 0 Å².